The van der Waals surface area contributed by atoms with E-state index in [4.69, 9.17) is 11.1 Å². The van der Waals surface area contributed by atoms with Crippen LogP contribution in [-0.4, -0.2) is 30.9 Å². The van der Waals surface area contributed by atoms with Gasteiger partial charge >= 0.3 is 0 Å². The van der Waals surface area contributed by atoms with Crippen molar-refractivity contribution in [2.45, 2.75) is 6.42 Å². The van der Waals surface area contributed by atoms with Gasteiger partial charge in [0.15, 0.2) is 0 Å². The molecule has 0 saturated carbocycles. The van der Waals surface area contributed by atoms with Crippen LogP contribution in [0.4, 0.5) is 0 Å². The van der Waals surface area contributed by atoms with Gasteiger partial charge in [0.1, 0.15) is 23.2 Å². The van der Waals surface area contributed by atoms with E-state index in [2.05, 4.69) is 33.1 Å². The molecule has 2 aromatic heterocycles. The van der Waals surface area contributed by atoms with Crippen molar-refractivity contribution in [1.82, 2.24) is 19.9 Å². The van der Waals surface area contributed by atoms with Crippen LogP contribution in [0.5, 0.6) is 5.75 Å². The number of nitrogens with one attached hydrogen (secondary N) is 3. The number of rotatable bonds is 5. The van der Waals surface area contributed by atoms with Gasteiger partial charge in [-0.25, -0.2) is 9.97 Å². The van der Waals surface area contributed by atoms with E-state index in [9.17, 15) is 5.11 Å². The minimum absolute atomic E-state index is 0.0266. The lowest BCUT2D eigenvalue weighted by atomic mass is 10.2. The van der Waals surface area contributed by atoms with Crippen LogP contribution in [0.2, 0.25) is 0 Å². The Bertz CT molecular complexity index is 1450. The number of fused-ring (bicyclic) bond motifs is 2. The highest BCUT2D eigenvalue weighted by Crippen LogP contribution is 2.27. The number of benzene rings is 3. The minimum atomic E-state index is 0.0266. The normalized spacial score (nSPS) is 10.5. The molecule has 0 radical (unpaired) electrons. The van der Waals surface area contributed by atoms with E-state index >= 15 is 0 Å². The monoisotopic (exact) mass is 436 g/mol. The van der Waals surface area contributed by atoms with Crippen molar-refractivity contribution in [2.24, 2.45) is 5.73 Å². The number of nitrogen functional groups attached to an aromatic ring is 1. The summed E-state index contributed by atoms with van der Waals surface area (Å²) in [6.07, 6.45) is 4.54. The molecule has 0 saturated heterocycles. The molecule has 0 aliphatic rings. The number of allylic oxidation sites excluding steroid dienone is 2. The number of imidazole rings is 2. The van der Waals surface area contributed by atoms with E-state index in [0.717, 1.165) is 51.3 Å². The molecule has 0 unspecified atom stereocenters. The molecule has 164 valence electrons. The van der Waals surface area contributed by atoms with Crippen LogP contribution < -0.4 is 5.73 Å². The van der Waals surface area contributed by atoms with Gasteiger partial charge in [0, 0.05) is 16.7 Å². The van der Waals surface area contributed by atoms with Crippen LogP contribution in [0.15, 0.2) is 86.0 Å². The average molecular weight is 437 g/mol. The minimum Gasteiger partial charge on any atom is -0.508 e. The van der Waals surface area contributed by atoms with E-state index < -0.39 is 0 Å². The first-order valence-electron chi connectivity index (χ1n) is 10.3. The second-order valence-electron chi connectivity index (χ2n) is 7.41. The lowest BCUT2D eigenvalue weighted by molar-refractivity contribution is 0.475. The second kappa shape index (κ2) is 9.23. The highest BCUT2D eigenvalue weighted by molar-refractivity contribution is 5.98. The first kappa shape index (κ1) is 21.6. The van der Waals surface area contributed by atoms with Crippen molar-refractivity contribution < 1.29 is 5.11 Å². The number of hydrogen-bond acceptors (Lipinski definition) is 4. The van der Waals surface area contributed by atoms with Crippen LogP contribution in [0.3, 0.4) is 0 Å². The Morgan fingerprint density at radius 1 is 0.848 bits per heavy atom. The maximum atomic E-state index is 9.45. The van der Waals surface area contributed by atoms with Crippen LogP contribution in [0.1, 0.15) is 12.0 Å². The number of aromatic amines is 2. The van der Waals surface area contributed by atoms with Gasteiger partial charge in [-0.2, -0.15) is 0 Å². The molecule has 7 heteroatoms. The summed E-state index contributed by atoms with van der Waals surface area (Å²) in [6, 6.07) is 18.3. The number of aromatic nitrogens is 4. The SMILES string of the molecule is C=CCC=C.N=C(N)c1ccc2nc(-c3ccc4nc(-c5ccc(O)cc5)[nH]c4c3)[nH]c2c1. The number of phenolic OH excluding ortho intramolecular Hbond substituents is 1. The molecule has 0 amide bonds. The molecule has 2 heterocycles. The molecule has 0 atom stereocenters. The van der Waals surface area contributed by atoms with Gasteiger partial charge < -0.3 is 20.8 Å². The zero-order valence-corrected chi connectivity index (χ0v) is 18.0. The molecular formula is C26H24N6O. The summed E-state index contributed by atoms with van der Waals surface area (Å²) in [5.41, 5.74) is 11.4. The van der Waals surface area contributed by atoms with Crippen molar-refractivity contribution in [1.29, 1.82) is 5.41 Å². The third-order valence-electron chi connectivity index (χ3n) is 5.02. The lowest BCUT2D eigenvalue weighted by Crippen LogP contribution is -2.10. The largest absolute Gasteiger partial charge is 0.508 e. The number of H-pyrrole nitrogens is 2. The van der Waals surface area contributed by atoms with E-state index in [1.165, 1.54) is 0 Å². The van der Waals surface area contributed by atoms with Crippen LogP contribution in [0, 0.1) is 5.41 Å². The van der Waals surface area contributed by atoms with Gasteiger partial charge in [-0.05, 0) is 67.1 Å². The summed E-state index contributed by atoms with van der Waals surface area (Å²) < 4.78 is 0. The summed E-state index contributed by atoms with van der Waals surface area (Å²) in [7, 11) is 0. The maximum absolute atomic E-state index is 9.45. The average Bonchev–Trinajstić information content (AvgIpc) is 3.43. The Hall–Kier alpha value is -4.65. The Morgan fingerprint density at radius 3 is 1.97 bits per heavy atom. The lowest BCUT2D eigenvalue weighted by Gasteiger charge is -1.97. The number of hydrogen-bond donors (Lipinski definition) is 5. The molecule has 0 fully saturated rings. The molecule has 5 rings (SSSR count). The zero-order valence-electron chi connectivity index (χ0n) is 18.0. The fraction of sp³-hybridized carbons (Fsp3) is 0.0385. The highest BCUT2D eigenvalue weighted by atomic mass is 16.3. The number of amidine groups is 1. The maximum Gasteiger partial charge on any atom is 0.138 e. The van der Waals surface area contributed by atoms with Crippen molar-refractivity contribution >= 4 is 27.9 Å². The van der Waals surface area contributed by atoms with Gasteiger partial charge in [-0.1, -0.05) is 12.2 Å². The van der Waals surface area contributed by atoms with Crippen molar-refractivity contribution in [3.63, 3.8) is 0 Å². The first-order chi connectivity index (χ1) is 16.0. The standard InChI is InChI=1S/C21H16N6O.C5H8/c22-19(23)12-3-7-15-17(9-12)27-21(25-15)13-4-8-16-18(10-13)26-20(24-16)11-1-5-14(28)6-2-11;1-3-5-4-2/h1-10,28H,(H3,22,23)(H,24,26)(H,25,27);3-4H,1-2,5H2. The molecule has 33 heavy (non-hydrogen) atoms. The first-order valence-corrected chi connectivity index (χ1v) is 10.3. The van der Waals surface area contributed by atoms with E-state index in [1.807, 2.05) is 54.6 Å². The Labute approximate surface area is 190 Å². The van der Waals surface area contributed by atoms with Gasteiger partial charge in [-0.15, -0.1) is 13.2 Å². The summed E-state index contributed by atoms with van der Waals surface area (Å²) in [4.78, 5) is 15.9. The molecule has 3 aromatic carbocycles. The van der Waals surface area contributed by atoms with E-state index in [0.29, 0.717) is 5.56 Å². The van der Waals surface area contributed by atoms with Crippen molar-refractivity contribution in [3.05, 3.63) is 91.5 Å². The van der Waals surface area contributed by atoms with Crippen LogP contribution in [-0.2, 0) is 0 Å². The molecule has 5 aromatic rings. The molecule has 6 N–H and O–H groups in total. The number of nitrogens with two attached hydrogens (primary N) is 1. The third kappa shape index (κ3) is 4.67. The number of aromatic hydroxyl groups is 1. The van der Waals surface area contributed by atoms with E-state index in [-0.39, 0.29) is 11.6 Å². The van der Waals surface area contributed by atoms with E-state index in [1.54, 1.807) is 18.2 Å². The Balaban J connectivity index is 0.000000471. The third-order valence-corrected chi connectivity index (χ3v) is 5.02. The predicted octanol–water partition coefficient (Wildman–Crippen LogP) is 5.51. The molecular weight excluding hydrogens is 412 g/mol. The molecule has 7 nitrogen and oxygen atoms in total. The number of nitrogens with zero attached hydrogens (tertiary/aromatic N) is 2. The summed E-state index contributed by atoms with van der Waals surface area (Å²) in [5, 5.41) is 17.0. The second-order valence-corrected chi connectivity index (χ2v) is 7.41. The molecule has 0 aliphatic carbocycles. The number of phenols is 1. The quantitative estimate of drug-likeness (QED) is 0.141. The Kier molecular flexibility index (Phi) is 6.04. The summed E-state index contributed by atoms with van der Waals surface area (Å²) in [6.45, 7) is 6.96. The van der Waals surface area contributed by atoms with Crippen molar-refractivity contribution in [2.75, 3.05) is 0 Å². The smallest absolute Gasteiger partial charge is 0.138 e. The van der Waals surface area contributed by atoms with Gasteiger partial charge in [0.05, 0.1) is 22.1 Å². The predicted molar refractivity (Wildman–Crippen MR) is 134 cm³/mol. The highest BCUT2D eigenvalue weighted by Gasteiger charge is 2.10. The zero-order chi connectivity index (χ0) is 23.4. The van der Waals surface area contributed by atoms with Crippen molar-refractivity contribution in [3.8, 4) is 28.5 Å². The fourth-order valence-corrected chi connectivity index (χ4v) is 3.34. The molecule has 0 aliphatic heterocycles. The Morgan fingerprint density at radius 2 is 1.39 bits per heavy atom. The fourth-order valence-electron chi connectivity index (χ4n) is 3.34. The summed E-state index contributed by atoms with van der Waals surface area (Å²) >= 11 is 0. The van der Waals surface area contributed by atoms with Gasteiger partial charge in [0.2, 0.25) is 0 Å². The molecule has 0 spiro atoms. The van der Waals surface area contributed by atoms with Crippen LogP contribution >= 0.6 is 0 Å². The van der Waals surface area contributed by atoms with Gasteiger partial charge in [-0.3, -0.25) is 5.41 Å². The molecule has 0 bridgehead atoms. The summed E-state index contributed by atoms with van der Waals surface area (Å²) in [5.74, 6) is 1.72. The van der Waals surface area contributed by atoms with Gasteiger partial charge in [0.25, 0.3) is 0 Å². The van der Waals surface area contributed by atoms with Crippen LogP contribution in [0.25, 0.3) is 44.8 Å². The topological polar surface area (TPSA) is 127 Å².